The first-order chi connectivity index (χ1) is 15.0. The fourth-order valence-corrected chi connectivity index (χ4v) is 4.99. The minimum Gasteiger partial charge on any atom is -0.293 e. The van der Waals surface area contributed by atoms with Crippen molar-refractivity contribution in [3.63, 3.8) is 0 Å². The third-order valence-corrected chi connectivity index (χ3v) is 6.59. The molecule has 0 spiro atoms. The number of anilines is 1. The number of rotatable bonds is 4. The molecule has 0 saturated carbocycles. The normalized spacial score (nSPS) is 18.7. The summed E-state index contributed by atoms with van der Waals surface area (Å²) in [5.74, 6) is -2.87. The Bertz CT molecular complexity index is 1280. The van der Waals surface area contributed by atoms with Crippen LogP contribution in [-0.2, 0) is 9.59 Å². The quantitative estimate of drug-likeness (QED) is 0.268. The largest absolute Gasteiger partial charge is 0.297 e. The molecule has 2 unspecified atom stereocenters. The molecule has 5 nitrogen and oxygen atoms in total. The number of hydrogen-bond donors (Lipinski definition) is 0. The van der Waals surface area contributed by atoms with Crippen LogP contribution in [0.1, 0.15) is 27.5 Å². The second kappa shape index (κ2) is 7.56. The number of benzene rings is 3. The van der Waals surface area contributed by atoms with Crippen LogP contribution in [0.4, 0.5) is 5.13 Å². The van der Waals surface area contributed by atoms with Gasteiger partial charge in [-0.1, -0.05) is 83.6 Å². The Morgan fingerprint density at radius 1 is 0.903 bits per heavy atom. The van der Waals surface area contributed by atoms with Crippen molar-refractivity contribution >= 4 is 44.2 Å². The van der Waals surface area contributed by atoms with E-state index < -0.39 is 23.7 Å². The number of fused-ring (bicyclic) bond motifs is 1. The average Bonchev–Trinajstić information content (AvgIpc) is 3.33. The Morgan fingerprint density at radius 3 is 2.29 bits per heavy atom. The van der Waals surface area contributed by atoms with Crippen LogP contribution in [0.25, 0.3) is 10.2 Å². The molecular formula is C25H18N2O3S. The van der Waals surface area contributed by atoms with Crippen LogP contribution in [0.15, 0.2) is 78.9 Å². The van der Waals surface area contributed by atoms with Gasteiger partial charge in [0.05, 0.1) is 16.3 Å². The molecule has 5 rings (SSSR count). The SMILES string of the molecule is Cc1ccc(C2C(C(=O)c3ccccc3)C(=O)C(=O)N2c2nc3ccccc3s2)cc1. The molecule has 2 atom stereocenters. The van der Waals surface area contributed by atoms with Gasteiger partial charge >= 0.3 is 0 Å². The second-order valence-corrected chi connectivity index (χ2v) is 8.58. The van der Waals surface area contributed by atoms with E-state index in [0.29, 0.717) is 10.7 Å². The van der Waals surface area contributed by atoms with Crippen LogP contribution in [-0.4, -0.2) is 22.5 Å². The number of para-hydroxylation sites is 1. The molecule has 1 aliphatic heterocycles. The molecular weight excluding hydrogens is 408 g/mol. The lowest BCUT2D eigenvalue weighted by atomic mass is 9.86. The Balaban J connectivity index is 1.67. The molecule has 152 valence electrons. The summed E-state index contributed by atoms with van der Waals surface area (Å²) in [5.41, 5.74) is 2.95. The van der Waals surface area contributed by atoms with Crippen LogP contribution in [0.5, 0.6) is 0 Å². The maximum Gasteiger partial charge on any atom is 0.297 e. The van der Waals surface area contributed by atoms with E-state index in [4.69, 9.17) is 0 Å². The van der Waals surface area contributed by atoms with Crippen molar-refractivity contribution in [1.29, 1.82) is 0 Å². The minimum absolute atomic E-state index is 0.354. The number of ketones is 2. The van der Waals surface area contributed by atoms with E-state index in [1.165, 1.54) is 16.2 Å². The van der Waals surface area contributed by atoms with Crippen molar-refractivity contribution in [1.82, 2.24) is 4.98 Å². The minimum atomic E-state index is -1.12. The zero-order valence-electron chi connectivity index (χ0n) is 16.7. The molecule has 1 saturated heterocycles. The molecule has 0 bridgehead atoms. The first kappa shape index (κ1) is 19.3. The van der Waals surface area contributed by atoms with E-state index in [0.717, 1.165) is 21.3 Å². The number of thiazole rings is 1. The molecule has 4 aromatic rings. The number of Topliss-reactive ketones (excluding diaryl/α,β-unsaturated/α-hetero) is 2. The summed E-state index contributed by atoms with van der Waals surface area (Å²) in [6, 6.07) is 23.1. The van der Waals surface area contributed by atoms with Crippen LogP contribution in [0.2, 0.25) is 0 Å². The number of aromatic nitrogens is 1. The third-order valence-electron chi connectivity index (χ3n) is 5.55. The highest BCUT2D eigenvalue weighted by Gasteiger charge is 2.53. The lowest BCUT2D eigenvalue weighted by Gasteiger charge is -2.25. The van der Waals surface area contributed by atoms with E-state index in [1.54, 1.807) is 24.3 Å². The summed E-state index contributed by atoms with van der Waals surface area (Å²) in [6.45, 7) is 1.96. The Morgan fingerprint density at radius 2 is 1.58 bits per heavy atom. The van der Waals surface area contributed by atoms with E-state index in [-0.39, 0.29) is 5.78 Å². The number of carbonyl (C=O) groups is 3. The van der Waals surface area contributed by atoms with E-state index >= 15 is 0 Å². The van der Waals surface area contributed by atoms with Gasteiger partial charge < -0.3 is 0 Å². The Kier molecular flexibility index (Phi) is 4.71. The first-order valence-electron chi connectivity index (χ1n) is 9.93. The van der Waals surface area contributed by atoms with E-state index in [9.17, 15) is 14.4 Å². The second-order valence-electron chi connectivity index (χ2n) is 7.57. The van der Waals surface area contributed by atoms with Crippen molar-refractivity contribution in [3.05, 3.63) is 95.6 Å². The Hall–Kier alpha value is -3.64. The molecule has 1 aliphatic rings. The van der Waals surface area contributed by atoms with E-state index in [2.05, 4.69) is 4.98 Å². The van der Waals surface area contributed by atoms with Crippen molar-refractivity contribution in [2.75, 3.05) is 4.90 Å². The third kappa shape index (κ3) is 3.25. The highest BCUT2D eigenvalue weighted by atomic mass is 32.1. The number of hydrogen-bond acceptors (Lipinski definition) is 5. The maximum absolute atomic E-state index is 13.4. The number of amides is 1. The number of carbonyl (C=O) groups excluding carboxylic acids is 3. The smallest absolute Gasteiger partial charge is 0.293 e. The molecule has 1 aromatic heterocycles. The van der Waals surface area contributed by atoms with Gasteiger partial charge in [-0.25, -0.2) is 4.98 Å². The maximum atomic E-state index is 13.4. The summed E-state index contributed by atoms with van der Waals surface area (Å²) in [4.78, 5) is 45.7. The Labute approximate surface area is 183 Å². The lowest BCUT2D eigenvalue weighted by molar-refractivity contribution is -0.135. The van der Waals surface area contributed by atoms with Crippen LogP contribution in [0.3, 0.4) is 0 Å². The van der Waals surface area contributed by atoms with Crippen molar-refractivity contribution in [2.45, 2.75) is 13.0 Å². The number of nitrogens with zero attached hydrogens (tertiary/aromatic N) is 2. The van der Waals surface area contributed by atoms with Gasteiger partial charge in [0.2, 0.25) is 5.78 Å². The molecule has 0 aliphatic carbocycles. The van der Waals surface area contributed by atoms with Gasteiger partial charge in [-0.3, -0.25) is 19.3 Å². The zero-order chi connectivity index (χ0) is 21.5. The van der Waals surface area contributed by atoms with Crippen LogP contribution < -0.4 is 4.90 Å². The summed E-state index contributed by atoms with van der Waals surface area (Å²) in [7, 11) is 0. The van der Waals surface area contributed by atoms with Crippen molar-refractivity contribution in [2.24, 2.45) is 5.92 Å². The lowest BCUT2D eigenvalue weighted by Crippen LogP contribution is -2.30. The van der Waals surface area contributed by atoms with Gasteiger partial charge in [-0.05, 0) is 24.6 Å². The van der Waals surface area contributed by atoms with Crippen LogP contribution in [0, 0.1) is 12.8 Å². The fraction of sp³-hybridized carbons (Fsp3) is 0.120. The summed E-state index contributed by atoms with van der Waals surface area (Å²) in [5, 5.41) is 0.425. The first-order valence-corrected chi connectivity index (χ1v) is 10.7. The van der Waals surface area contributed by atoms with Crippen LogP contribution >= 0.6 is 11.3 Å². The molecule has 0 N–H and O–H groups in total. The van der Waals surface area contributed by atoms with Gasteiger partial charge in [0.15, 0.2) is 10.9 Å². The topological polar surface area (TPSA) is 67.3 Å². The number of aryl methyl sites for hydroxylation is 1. The molecule has 0 radical (unpaired) electrons. The van der Waals surface area contributed by atoms with Gasteiger partial charge in [0, 0.05) is 5.56 Å². The van der Waals surface area contributed by atoms with Gasteiger partial charge in [-0.2, -0.15) is 0 Å². The summed E-state index contributed by atoms with van der Waals surface area (Å²) >= 11 is 1.34. The molecule has 2 heterocycles. The average molecular weight is 426 g/mol. The standard InChI is InChI=1S/C25H18N2O3S/c1-15-11-13-16(14-12-15)21-20(22(28)17-7-3-2-4-8-17)23(29)24(30)27(21)25-26-18-9-5-6-10-19(18)31-25/h2-14,20-21H,1H3. The molecule has 31 heavy (non-hydrogen) atoms. The predicted molar refractivity (Wildman–Crippen MR) is 120 cm³/mol. The van der Waals surface area contributed by atoms with Crippen molar-refractivity contribution in [3.8, 4) is 0 Å². The van der Waals surface area contributed by atoms with Gasteiger partial charge in [-0.15, -0.1) is 0 Å². The fourth-order valence-electron chi connectivity index (χ4n) is 3.99. The monoisotopic (exact) mass is 426 g/mol. The zero-order valence-corrected chi connectivity index (χ0v) is 17.5. The summed E-state index contributed by atoms with van der Waals surface area (Å²) in [6.07, 6.45) is 0. The van der Waals surface area contributed by atoms with E-state index in [1.807, 2.05) is 61.5 Å². The molecule has 1 fully saturated rings. The summed E-state index contributed by atoms with van der Waals surface area (Å²) < 4.78 is 0.915. The molecule has 1 amide bonds. The molecule has 3 aromatic carbocycles. The van der Waals surface area contributed by atoms with Gasteiger partial charge in [0.25, 0.3) is 5.91 Å². The highest BCUT2D eigenvalue weighted by Crippen LogP contribution is 2.43. The predicted octanol–water partition coefficient (Wildman–Crippen LogP) is 4.76. The van der Waals surface area contributed by atoms with Crippen molar-refractivity contribution < 1.29 is 14.4 Å². The highest BCUT2D eigenvalue weighted by molar-refractivity contribution is 7.22. The van der Waals surface area contributed by atoms with Gasteiger partial charge in [0.1, 0.15) is 5.92 Å². The molecule has 6 heteroatoms.